The van der Waals surface area contributed by atoms with Gasteiger partial charge in [0.1, 0.15) is 11.6 Å². The van der Waals surface area contributed by atoms with Gasteiger partial charge in [-0.1, -0.05) is 6.07 Å². The summed E-state index contributed by atoms with van der Waals surface area (Å²) in [6, 6.07) is 3.90. The maximum Gasteiger partial charge on any atom is 0.129 e. The standard InChI is InChI=1S/C12H15F2N/c1-15-7-8-2-4-10(8)11-5-3-9(13)6-12(11)14/h3,5-6,8,10,15H,2,4,7H2,1H3. The Morgan fingerprint density at radius 3 is 2.67 bits per heavy atom. The number of hydrogen-bond acceptors (Lipinski definition) is 1. The lowest BCUT2D eigenvalue weighted by Crippen LogP contribution is -2.32. The van der Waals surface area contributed by atoms with Gasteiger partial charge < -0.3 is 5.32 Å². The Hall–Kier alpha value is -0.960. The lowest BCUT2D eigenvalue weighted by atomic mass is 9.70. The van der Waals surface area contributed by atoms with E-state index in [9.17, 15) is 8.78 Å². The number of benzene rings is 1. The molecule has 0 aromatic heterocycles. The van der Waals surface area contributed by atoms with Crippen LogP contribution in [0.2, 0.25) is 0 Å². The summed E-state index contributed by atoms with van der Waals surface area (Å²) < 4.78 is 26.2. The fraction of sp³-hybridized carbons (Fsp3) is 0.500. The van der Waals surface area contributed by atoms with Crippen LogP contribution in [0.4, 0.5) is 8.78 Å². The zero-order valence-electron chi connectivity index (χ0n) is 8.76. The molecule has 0 amide bonds. The summed E-state index contributed by atoms with van der Waals surface area (Å²) in [5, 5.41) is 3.10. The SMILES string of the molecule is CNCC1CCC1c1ccc(F)cc1F. The molecular formula is C12H15F2N. The fourth-order valence-electron chi connectivity index (χ4n) is 2.29. The molecule has 0 heterocycles. The van der Waals surface area contributed by atoms with Crippen LogP contribution < -0.4 is 5.32 Å². The molecule has 15 heavy (non-hydrogen) atoms. The second-order valence-corrected chi connectivity index (χ2v) is 4.17. The van der Waals surface area contributed by atoms with Crippen molar-refractivity contribution in [2.24, 2.45) is 5.92 Å². The Bertz CT molecular complexity index is 351. The van der Waals surface area contributed by atoms with Crippen molar-refractivity contribution in [3.05, 3.63) is 35.4 Å². The molecule has 2 unspecified atom stereocenters. The average molecular weight is 211 g/mol. The Balaban J connectivity index is 2.15. The molecule has 1 aliphatic rings. The van der Waals surface area contributed by atoms with Gasteiger partial charge in [-0.05, 0) is 49.9 Å². The van der Waals surface area contributed by atoms with Crippen molar-refractivity contribution in [2.45, 2.75) is 18.8 Å². The van der Waals surface area contributed by atoms with Crippen molar-refractivity contribution < 1.29 is 8.78 Å². The Morgan fingerprint density at radius 1 is 1.33 bits per heavy atom. The number of hydrogen-bond donors (Lipinski definition) is 1. The van der Waals surface area contributed by atoms with Gasteiger partial charge in [0.25, 0.3) is 0 Å². The molecule has 0 bridgehead atoms. The van der Waals surface area contributed by atoms with Crippen LogP contribution in [0.5, 0.6) is 0 Å². The number of rotatable bonds is 3. The largest absolute Gasteiger partial charge is 0.319 e. The van der Waals surface area contributed by atoms with E-state index in [2.05, 4.69) is 5.32 Å². The summed E-state index contributed by atoms with van der Waals surface area (Å²) in [4.78, 5) is 0. The van der Waals surface area contributed by atoms with Gasteiger partial charge in [-0.2, -0.15) is 0 Å². The first-order valence-corrected chi connectivity index (χ1v) is 5.32. The first-order chi connectivity index (χ1) is 7.22. The molecule has 3 heteroatoms. The smallest absolute Gasteiger partial charge is 0.129 e. The summed E-state index contributed by atoms with van der Waals surface area (Å²) in [5.74, 6) is -0.144. The lowest BCUT2D eigenvalue weighted by Gasteiger charge is -2.37. The molecule has 2 rings (SSSR count). The maximum atomic E-state index is 13.5. The molecule has 1 fully saturated rings. The van der Waals surface area contributed by atoms with Gasteiger partial charge in [0, 0.05) is 6.07 Å². The highest BCUT2D eigenvalue weighted by molar-refractivity contribution is 5.25. The van der Waals surface area contributed by atoms with E-state index in [1.165, 1.54) is 6.07 Å². The molecule has 0 radical (unpaired) electrons. The molecule has 0 aliphatic heterocycles. The van der Waals surface area contributed by atoms with Crippen LogP contribution in [-0.4, -0.2) is 13.6 Å². The normalized spacial score (nSPS) is 25.0. The van der Waals surface area contributed by atoms with Gasteiger partial charge in [0.15, 0.2) is 0 Å². The summed E-state index contributed by atoms with van der Waals surface area (Å²) in [6.45, 7) is 0.904. The van der Waals surface area contributed by atoms with Crippen molar-refractivity contribution in [3.8, 4) is 0 Å². The van der Waals surface area contributed by atoms with E-state index in [-0.39, 0.29) is 5.92 Å². The van der Waals surface area contributed by atoms with Crippen molar-refractivity contribution in [2.75, 3.05) is 13.6 Å². The number of nitrogens with one attached hydrogen (secondary N) is 1. The minimum atomic E-state index is -0.499. The van der Waals surface area contributed by atoms with E-state index >= 15 is 0 Å². The lowest BCUT2D eigenvalue weighted by molar-refractivity contribution is 0.245. The molecule has 2 atom stereocenters. The minimum absolute atomic E-state index is 0.262. The third-order valence-electron chi connectivity index (χ3n) is 3.25. The topological polar surface area (TPSA) is 12.0 Å². The fourth-order valence-corrected chi connectivity index (χ4v) is 2.29. The second kappa shape index (κ2) is 4.27. The van der Waals surface area contributed by atoms with E-state index in [1.807, 2.05) is 7.05 Å². The van der Waals surface area contributed by atoms with Crippen LogP contribution >= 0.6 is 0 Å². The third kappa shape index (κ3) is 2.02. The van der Waals surface area contributed by atoms with Crippen LogP contribution in [-0.2, 0) is 0 Å². The highest BCUT2D eigenvalue weighted by atomic mass is 19.1. The molecule has 1 aliphatic carbocycles. The van der Waals surface area contributed by atoms with E-state index in [0.29, 0.717) is 11.5 Å². The Labute approximate surface area is 88.5 Å². The molecule has 1 saturated carbocycles. The van der Waals surface area contributed by atoms with Gasteiger partial charge in [-0.15, -0.1) is 0 Å². The summed E-state index contributed by atoms with van der Waals surface area (Å²) >= 11 is 0. The third-order valence-corrected chi connectivity index (χ3v) is 3.25. The number of halogens is 2. The van der Waals surface area contributed by atoms with E-state index < -0.39 is 11.6 Å². The van der Waals surface area contributed by atoms with Crippen LogP contribution in [0.15, 0.2) is 18.2 Å². The highest BCUT2D eigenvalue weighted by Crippen LogP contribution is 2.42. The van der Waals surface area contributed by atoms with Gasteiger partial charge in [0.05, 0.1) is 0 Å². The van der Waals surface area contributed by atoms with Crippen molar-refractivity contribution >= 4 is 0 Å². The van der Waals surface area contributed by atoms with Crippen LogP contribution in [0.3, 0.4) is 0 Å². The minimum Gasteiger partial charge on any atom is -0.319 e. The Kier molecular flexibility index (Phi) is 3.00. The van der Waals surface area contributed by atoms with Gasteiger partial charge in [-0.25, -0.2) is 8.78 Å². The molecular weight excluding hydrogens is 196 g/mol. The summed E-state index contributed by atoms with van der Waals surface area (Å²) in [6.07, 6.45) is 2.14. The quantitative estimate of drug-likeness (QED) is 0.810. The first kappa shape index (κ1) is 10.6. The van der Waals surface area contributed by atoms with E-state index in [1.54, 1.807) is 6.07 Å². The predicted octanol–water partition coefficient (Wildman–Crippen LogP) is 2.68. The predicted molar refractivity (Wildman–Crippen MR) is 55.7 cm³/mol. The molecule has 1 aromatic rings. The molecule has 82 valence electrons. The zero-order valence-corrected chi connectivity index (χ0v) is 8.76. The maximum absolute atomic E-state index is 13.5. The first-order valence-electron chi connectivity index (χ1n) is 5.32. The van der Waals surface area contributed by atoms with Crippen molar-refractivity contribution in [1.82, 2.24) is 5.32 Å². The molecule has 1 aromatic carbocycles. The highest BCUT2D eigenvalue weighted by Gasteiger charge is 2.33. The van der Waals surface area contributed by atoms with Crippen LogP contribution in [0, 0.1) is 17.6 Å². The molecule has 0 spiro atoms. The van der Waals surface area contributed by atoms with Crippen LogP contribution in [0.25, 0.3) is 0 Å². The second-order valence-electron chi connectivity index (χ2n) is 4.17. The van der Waals surface area contributed by atoms with Gasteiger partial charge in [0.2, 0.25) is 0 Å². The van der Waals surface area contributed by atoms with E-state index in [4.69, 9.17) is 0 Å². The van der Waals surface area contributed by atoms with Crippen molar-refractivity contribution in [1.29, 1.82) is 0 Å². The van der Waals surface area contributed by atoms with Crippen molar-refractivity contribution in [3.63, 3.8) is 0 Å². The summed E-state index contributed by atoms with van der Waals surface area (Å²) in [5.41, 5.74) is 0.669. The average Bonchev–Trinajstić information content (AvgIpc) is 2.17. The Morgan fingerprint density at radius 2 is 2.13 bits per heavy atom. The monoisotopic (exact) mass is 211 g/mol. The van der Waals surface area contributed by atoms with Gasteiger partial charge in [-0.3, -0.25) is 0 Å². The van der Waals surface area contributed by atoms with Crippen LogP contribution in [0.1, 0.15) is 24.3 Å². The zero-order chi connectivity index (χ0) is 10.8. The summed E-state index contributed by atoms with van der Waals surface area (Å²) in [7, 11) is 1.90. The molecule has 1 N–H and O–H groups in total. The molecule has 1 nitrogen and oxygen atoms in total. The van der Waals surface area contributed by atoms with Gasteiger partial charge >= 0.3 is 0 Å². The van der Waals surface area contributed by atoms with E-state index in [0.717, 1.165) is 25.5 Å². The molecule has 0 saturated heterocycles.